The van der Waals surface area contributed by atoms with Crippen molar-refractivity contribution in [1.82, 2.24) is 14.5 Å². The lowest BCUT2D eigenvalue weighted by Gasteiger charge is -2.13. The second-order valence-electron chi connectivity index (χ2n) is 7.67. The molecule has 0 spiro atoms. The van der Waals surface area contributed by atoms with Gasteiger partial charge in [-0.05, 0) is 47.3 Å². The molecule has 0 amide bonds. The predicted octanol–water partition coefficient (Wildman–Crippen LogP) is 7.64. The fraction of sp³-hybridized carbons (Fsp3) is 0.417. The van der Waals surface area contributed by atoms with Crippen LogP contribution in [0.1, 0.15) is 46.5 Å². The summed E-state index contributed by atoms with van der Waals surface area (Å²) in [6, 6.07) is 8.13. The molecule has 7 heteroatoms. The van der Waals surface area contributed by atoms with E-state index in [-0.39, 0.29) is 0 Å². The second kappa shape index (κ2) is 9.74. The van der Waals surface area contributed by atoms with E-state index in [2.05, 4.69) is 69.3 Å². The number of benzene rings is 2. The van der Waals surface area contributed by atoms with Gasteiger partial charge < -0.3 is 14.0 Å². The van der Waals surface area contributed by atoms with E-state index >= 15 is 0 Å². The highest BCUT2D eigenvalue weighted by Gasteiger charge is 2.19. The average Bonchev–Trinajstić information content (AvgIpc) is 3.05. The first-order valence-corrected chi connectivity index (χ1v) is 12.5. The first-order valence-electron chi connectivity index (χ1n) is 11.0. The Morgan fingerprint density at radius 2 is 1.48 bits per heavy atom. The molecule has 164 valence electrons. The van der Waals surface area contributed by atoms with Crippen molar-refractivity contribution in [2.45, 2.75) is 53.0 Å². The lowest BCUT2D eigenvalue weighted by Crippen LogP contribution is -2.03. The van der Waals surface area contributed by atoms with Crippen LogP contribution in [0.2, 0.25) is 0 Å². The van der Waals surface area contributed by atoms with Crippen molar-refractivity contribution in [1.29, 1.82) is 0 Å². The smallest absolute Gasteiger partial charge is 0.163 e. The minimum Gasteiger partial charge on any atom is -0.490 e. The van der Waals surface area contributed by atoms with Gasteiger partial charge in [0.25, 0.3) is 0 Å². The third-order valence-corrected chi connectivity index (χ3v) is 6.24. The van der Waals surface area contributed by atoms with E-state index in [1.54, 1.807) is 0 Å². The van der Waals surface area contributed by atoms with Crippen LogP contribution in [-0.2, 0) is 6.54 Å². The van der Waals surface area contributed by atoms with Crippen molar-refractivity contribution in [3.63, 3.8) is 0 Å². The lowest BCUT2D eigenvalue weighted by atomic mass is 10.2. The van der Waals surface area contributed by atoms with E-state index in [9.17, 15) is 0 Å². The van der Waals surface area contributed by atoms with Crippen LogP contribution in [0.4, 0.5) is 0 Å². The number of nitrogens with zero attached hydrogens (tertiary/aromatic N) is 3. The van der Waals surface area contributed by atoms with Crippen LogP contribution in [-0.4, -0.2) is 27.7 Å². The largest absolute Gasteiger partial charge is 0.490 e. The molecule has 0 N–H and O–H groups in total. The third-order valence-electron chi connectivity index (χ3n) is 5.18. The van der Waals surface area contributed by atoms with Gasteiger partial charge in [-0.3, -0.25) is 0 Å². The van der Waals surface area contributed by atoms with Gasteiger partial charge in [0.1, 0.15) is 5.52 Å². The standard InChI is InChI=1S/C24H27Br2N3O2/c1-4-7-8-29-23-16(11-15(25)12-17(23)26)22-24(29)28-19-14-21(31-10-6-3)20(30-9-5-2)13-18(19)27-22/h11-14H,4-10H2,1-3H3. The molecule has 0 bridgehead atoms. The van der Waals surface area contributed by atoms with E-state index in [1.165, 1.54) is 0 Å². The van der Waals surface area contributed by atoms with E-state index in [1.807, 2.05) is 12.1 Å². The van der Waals surface area contributed by atoms with Gasteiger partial charge in [0.15, 0.2) is 17.1 Å². The van der Waals surface area contributed by atoms with Crippen molar-refractivity contribution < 1.29 is 9.47 Å². The van der Waals surface area contributed by atoms with Gasteiger partial charge in [0.05, 0.1) is 29.8 Å². The fourth-order valence-electron chi connectivity index (χ4n) is 3.73. The molecule has 2 aromatic carbocycles. The van der Waals surface area contributed by atoms with Gasteiger partial charge in [-0.25, -0.2) is 9.97 Å². The van der Waals surface area contributed by atoms with E-state index in [0.29, 0.717) is 13.2 Å². The summed E-state index contributed by atoms with van der Waals surface area (Å²) in [6.45, 7) is 8.57. The first kappa shape index (κ1) is 22.3. The number of fused-ring (bicyclic) bond motifs is 4. The van der Waals surface area contributed by atoms with Gasteiger partial charge in [0, 0.05) is 33.0 Å². The average molecular weight is 549 g/mol. The maximum Gasteiger partial charge on any atom is 0.163 e. The van der Waals surface area contributed by atoms with Crippen LogP contribution in [0.25, 0.3) is 33.1 Å². The molecular formula is C24H27Br2N3O2. The molecule has 0 atom stereocenters. The zero-order valence-electron chi connectivity index (χ0n) is 18.2. The number of hydrogen-bond donors (Lipinski definition) is 0. The molecule has 0 aliphatic rings. The highest BCUT2D eigenvalue weighted by Crippen LogP contribution is 2.38. The summed E-state index contributed by atoms with van der Waals surface area (Å²) in [5.41, 5.74) is 4.57. The highest BCUT2D eigenvalue weighted by molar-refractivity contribution is 9.11. The SMILES string of the molecule is CCCCn1c2nc3cc(OCCC)c(OCCC)cc3nc2c2cc(Br)cc(Br)c21. The summed E-state index contributed by atoms with van der Waals surface area (Å²) in [5, 5.41) is 1.09. The zero-order chi connectivity index (χ0) is 22.0. The summed E-state index contributed by atoms with van der Waals surface area (Å²) >= 11 is 7.39. The minimum atomic E-state index is 0.639. The zero-order valence-corrected chi connectivity index (χ0v) is 21.3. The van der Waals surface area contributed by atoms with Crippen molar-refractivity contribution in [3.05, 3.63) is 33.2 Å². The molecule has 0 aliphatic carbocycles. The molecule has 0 unspecified atom stereocenters. The molecule has 0 aliphatic heterocycles. The molecule has 0 saturated carbocycles. The Bertz CT molecular complexity index is 1240. The van der Waals surface area contributed by atoms with Crippen LogP contribution < -0.4 is 9.47 Å². The number of unbranched alkanes of at least 4 members (excludes halogenated alkanes) is 1. The molecule has 31 heavy (non-hydrogen) atoms. The molecule has 5 nitrogen and oxygen atoms in total. The maximum absolute atomic E-state index is 5.98. The monoisotopic (exact) mass is 547 g/mol. The summed E-state index contributed by atoms with van der Waals surface area (Å²) < 4.78 is 16.3. The Morgan fingerprint density at radius 1 is 0.839 bits per heavy atom. The van der Waals surface area contributed by atoms with Crippen molar-refractivity contribution in [2.24, 2.45) is 0 Å². The Labute approximate surface area is 199 Å². The molecule has 0 saturated heterocycles. The minimum absolute atomic E-state index is 0.639. The molecule has 2 aromatic heterocycles. The fourth-order valence-corrected chi connectivity index (χ4v) is 5.17. The third kappa shape index (κ3) is 4.40. The van der Waals surface area contributed by atoms with Gasteiger partial charge in [-0.1, -0.05) is 43.1 Å². The quantitative estimate of drug-likeness (QED) is 0.215. The normalized spacial score (nSPS) is 11.6. The van der Waals surface area contributed by atoms with Crippen molar-refractivity contribution in [2.75, 3.05) is 13.2 Å². The summed E-state index contributed by atoms with van der Waals surface area (Å²) in [7, 11) is 0. The van der Waals surface area contributed by atoms with Crippen LogP contribution in [0.5, 0.6) is 11.5 Å². The van der Waals surface area contributed by atoms with E-state index < -0.39 is 0 Å². The lowest BCUT2D eigenvalue weighted by molar-refractivity contribution is 0.269. The van der Waals surface area contributed by atoms with Crippen LogP contribution in [0, 0.1) is 0 Å². The summed E-state index contributed by atoms with van der Waals surface area (Å²) in [4.78, 5) is 10.1. The molecule has 4 aromatic rings. The Morgan fingerprint density at radius 3 is 2.10 bits per heavy atom. The Balaban J connectivity index is 1.99. The number of hydrogen-bond acceptors (Lipinski definition) is 4. The van der Waals surface area contributed by atoms with Crippen LogP contribution in [0.15, 0.2) is 33.2 Å². The predicted molar refractivity (Wildman–Crippen MR) is 134 cm³/mol. The van der Waals surface area contributed by atoms with Crippen LogP contribution in [0.3, 0.4) is 0 Å². The summed E-state index contributed by atoms with van der Waals surface area (Å²) in [5.74, 6) is 1.46. The van der Waals surface area contributed by atoms with Gasteiger partial charge >= 0.3 is 0 Å². The van der Waals surface area contributed by atoms with Gasteiger partial charge in [-0.2, -0.15) is 0 Å². The molecule has 0 radical (unpaired) electrons. The molecule has 4 rings (SSSR count). The van der Waals surface area contributed by atoms with Gasteiger partial charge in [-0.15, -0.1) is 0 Å². The van der Waals surface area contributed by atoms with Crippen LogP contribution >= 0.6 is 31.9 Å². The van der Waals surface area contributed by atoms with Crippen molar-refractivity contribution >= 4 is 65.0 Å². The Kier molecular flexibility index (Phi) is 7.02. The second-order valence-corrected chi connectivity index (χ2v) is 9.44. The Hall–Kier alpha value is -1.86. The summed E-state index contributed by atoms with van der Waals surface area (Å²) in [6.07, 6.45) is 4.06. The van der Waals surface area contributed by atoms with Gasteiger partial charge in [0.2, 0.25) is 0 Å². The number of aromatic nitrogens is 3. The number of ether oxygens (including phenoxy) is 2. The molecule has 2 heterocycles. The topological polar surface area (TPSA) is 49.2 Å². The highest BCUT2D eigenvalue weighted by atomic mass is 79.9. The number of aryl methyl sites for hydroxylation is 1. The maximum atomic E-state index is 5.98. The molecule has 0 fully saturated rings. The number of halogens is 2. The van der Waals surface area contributed by atoms with E-state index in [4.69, 9.17) is 19.4 Å². The van der Waals surface area contributed by atoms with E-state index in [0.717, 1.165) is 85.8 Å². The molecular weight excluding hydrogens is 522 g/mol. The number of rotatable bonds is 9. The van der Waals surface area contributed by atoms with Crippen molar-refractivity contribution in [3.8, 4) is 11.5 Å². The first-order chi connectivity index (χ1) is 15.1.